The normalized spacial score (nSPS) is 9.94. The molecule has 4 heteroatoms. The topological polar surface area (TPSA) is 58.4 Å². The average molecular weight is 221 g/mol. The molecule has 0 spiro atoms. The number of nitrogens with zero attached hydrogens (tertiary/aromatic N) is 1. The molecule has 4 nitrogen and oxygen atoms in total. The lowest BCUT2D eigenvalue weighted by Gasteiger charge is -2.22. The molecule has 0 aliphatic heterocycles. The molecule has 0 unspecified atom stereocenters. The Morgan fingerprint density at radius 1 is 1.38 bits per heavy atom. The first-order valence-corrected chi connectivity index (χ1v) is 5.45. The SMILES string of the molecule is CCN(CC(=O)NC)c1ccc(CN)cc1. The van der Waals surface area contributed by atoms with Gasteiger partial charge in [-0.15, -0.1) is 0 Å². The number of carbonyl (C=O) groups is 1. The summed E-state index contributed by atoms with van der Waals surface area (Å²) in [5, 5.41) is 2.62. The second-order valence-corrected chi connectivity index (χ2v) is 3.56. The van der Waals surface area contributed by atoms with Crippen LogP contribution in [0.15, 0.2) is 24.3 Å². The number of carbonyl (C=O) groups excluding carboxylic acids is 1. The molecular formula is C12H19N3O. The van der Waals surface area contributed by atoms with E-state index in [1.54, 1.807) is 7.05 Å². The van der Waals surface area contributed by atoms with E-state index < -0.39 is 0 Å². The van der Waals surface area contributed by atoms with Gasteiger partial charge in [0, 0.05) is 25.8 Å². The van der Waals surface area contributed by atoms with Crippen molar-refractivity contribution in [1.82, 2.24) is 5.32 Å². The maximum atomic E-state index is 11.3. The summed E-state index contributed by atoms with van der Waals surface area (Å²) in [7, 11) is 1.65. The van der Waals surface area contributed by atoms with Crippen LogP contribution in [-0.4, -0.2) is 26.0 Å². The Balaban J connectivity index is 2.74. The number of nitrogens with one attached hydrogen (secondary N) is 1. The molecule has 88 valence electrons. The molecular weight excluding hydrogens is 202 g/mol. The molecule has 0 aliphatic rings. The van der Waals surface area contributed by atoms with Gasteiger partial charge in [-0.1, -0.05) is 12.1 Å². The quantitative estimate of drug-likeness (QED) is 0.770. The molecule has 0 aliphatic carbocycles. The fourth-order valence-corrected chi connectivity index (χ4v) is 1.48. The molecule has 1 rings (SSSR count). The zero-order valence-corrected chi connectivity index (χ0v) is 9.86. The van der Waals surface area contributed by atoms with Crippen LogP contribution >= 0.6 is 0 Å². The summed E-state index contributed by atoms with van der Waals surface area (Å²) in [5.74, 6) is 0.0183. The Morgan fingerprint density at radius 3 is 2.44 bits per heavy atom. The van der Waals surface area contributed by atoms with Crippen molar-refractivity contribution in [2.24, 2.45) is 5.73 Å². The highest BCUT2D eigenvalue weighted by Gasteiger charge is 2.08. The molecule has 1 aromatic carbocycles. The largest absolute Gasteiger partial charge is 0.363 e. The first-order valence-electron chi connectivity index (χ1n) is 5.45. The Hall–Kier alpha value is -1.55. The summed E-state index contributed by atoms with van der Waals surface area (Å²) < 4.78 is 0. The lowest BCUT2D eigenvalue weighted by molar-refractivity contribution is -0.119. The van der Waals surface area contributed by atoms with Crippen molar-refractivity contribution in [3.05, 3.63) is 29.8 Å². The average Bonchev–Trinajstić information content (AvgIpc) is 2.35. The van der Waals surface area contributed by atoms with E-state index in [1.807, 2.05) is 36.1 Å². The molecule has 0 radical (unpaired) electrons. The van der Waals surface area contributed by atoms with Crippen LogP contribution in [0.1, 0.15) is 12.5 Å². The van der Waals surface area contributed by atoms with Gasteiger partial charge in [-0.3, -0.25) is 4.79 Å². The van der Waals surface area contributed by atoms with E-state index in [1.165, 1.54) is 0 Å². The second-order valence-electron chi connectivity index (χ2n) is 3.56. The standard InChI is InChI=1S/C12H19N3O/c1-3-15(9-12(16)14-2)11-6-4-10(8-13)5-7-11/h4-7H,3,8-9,13H2,1-2H3,(H,14,16). The minimum absolute atomic E-state index is 0.0183. The smallest absolute Gasteiger partial charge is 0.239 e. The summed E-state index contributed by atoms with van der Waals surface area (Å²) in [6, 6.07) is 7.97. The minimum Gasteiger partial charge on any atom is -0.363 e. The monoisotopic (exact) mass is 221 g/mol. The third-order valence-corrected chi connectivity index (χ3v) is 2.53. The van der Waals surface area contributed by atoms with Crippen molar-refractivity contribution in [3.8, 4) is 0 Å². The molecule has 0 saturated heterocycles. The van der Waals surface area contributed by atoms with Gasteiger partial charge in [0.2, 0.25) is 5.91 Å². The van der Waals surface area contributed by atoms with Crippen molar-refractivity contribution in [1.29, 1.82) is 0 Å². The van der Waals surface area contributed by atoms with Crippen molar-refractivity contribution in [2.75, 3.05) is 25.0 Å². The van der Waals surface area contributed by atoms with Gasteiger partial charge in [-0.25, -0.2) is 0 Å². The lowest BCUT2D eigenvalue weighted by Crippen LogP contribution is -2.35. The number of amides is 1. The lowest BCUT2D eigenvalue weighted by atomic mass is 10.2. The highest BCUT2D eigenvalue weighted by molar-refractivity contribution is 5.81. The first-order chi connectivity index (χ1) is 7.71. The number of rotatable bonds is 5. The van der Waals surface area contributed by atoms with Crippen LogP contribution in [0.2, 0.25) is 0 Å². The summed E-state index contributed by atoms with van der Waals surface area (Å²) in [6.45, 7) is 3.76. The van der Waals surface area contributed by atoms with E-state index in [0.29, 0.717) is 13.1 Å². The minimum atomic E-state index is 0.0183. The number of hydrogen-bond donors (Lipinski definition) is 2. The Morgan fingerprint density at radius 2 is 2.00 bits per heavy atom. The Bertz CT molecular complexity index is 335. The number of likely N-dealkylation sites (N-methyl/N-ethyl adjacent to an activating group) is 2. The van der Waals surface area contributed by atoms with Gasteiger partial charge in [0.25, 0.3) is 0 Å². The predicted molar refractivity (Wildman–Crippen MR) is 66.3 cm³/mol. The molecule has 0 aromatic heterocycles. The van der Waals surface area contributed by atoms with Crippen molar-refractivity contribution >= 4 is 11.6 Å². The molecule has 3 N–H and O–H groups in total. The number of nitrogens with two attached hydrogens (primary N) is 1. The van der Waals surface area contributed by atoms with Crippen LogP contribution in [0.25, 0.3) is 0 Å². The van der Waals surface area contributed by atoms with Gasteiger partial charge in [-0.05, 0) is 24.6 Å². The van der Waals surface area contributed by atoms with Crippen LogP contribution in [0, 0.1) is 0 Å². The van der Waals surface area contributed by atoms with Crippen LogP contribution in [0.4, 0.5) is 5.69 Å². The first kappa shape index (κ1) is 12.5. The van der Waals surface area contributed by atoms with Gasteiger partial charge >= 0.3 is 0 Å². The molecule has 0 atom stereocenters. The fraction of sp³-hybridized carbons (Fsp3) is 0.417. The molecule has 16 heavy (non-hydrogen) atoms. The zero-order chi connectivity index (χ0) is 12.0. The van der Waals surface area contributed by atoms with E-state index in [4.69, 9.17) is 5.73 Å². The maximum Gasteiger partial charge on any atom is 0.239 e. The third kappa shape index (κ3) is 3.24. The number of hydrogen-bond acceptors (Lipinski definition) is 3. The highest BCUT2D eigenvalue weighted by atomic mass is 16.1. The predicted octanol–water partition coefficient (Wildman–Crippen LogP) is 0.718. The van der Waals surface area contributed by atoms with Crippen LogP contribution in [-0.2, 0) is 11.3 Å². The second kappa shape index (κ2) is 6.12. The van der Waals surface area contributed by atoms with E-state index in [9.17, 15) is 4.79 Å². The van der Waals surface area contributed by atoms with Crippen molar-refractivity contribution in [2.45, 2.75) is 13.5 Å². The van der Waals surface area contributed by atoms with Crippen LogP contribution in [0.5, 0.6) is 0 Å². The molecule has 0 bridgehead atoms. The van der Waals surface area contributed by atoms with E-state index in [2.05, 4.69) is 5.32 Å². The molecule has 1 aromatic rings. The summed E-state index contributed by atoms with van der Waals surface area (Å²) in [5.41, 5.74) is 7.67. The highest BCUT2D eigenvalue weighted by Crippen LogP contribution is 2.14. The van der Waals surface area contributed by atoms with Crippen LogP contribution in [0.3, 0.4) is 0 Å². The van der Waals surface area contributed by atoms with E-state index in [-0.39, 0.29) is 5.91 Å². The van der Waals surface area contributed by atoms with E-state index >= 15 is 0 Å². The van der Waals surface area contributed by atoms with E-state index in [0.717, 1.165) is 17.8 Å². The van der Waals surface area contributed by atoms with Gasteiger partial charge in [-0.2, -0.15) is 0 Å². The van der Waals surface area contributed by atoms with Gasteiger partial charge < -0.3 is 16.0 Å². The fourth-order valence-electron chi connectivity index (χ4n) is 1.48. The third-order valence-electron chi connectivity index (χ3n) is 2.53. The Labute approximate surface area is 96.4 Å². The van der Waals surface area contributed by atoms with Crippen LogP contribution < -0.4 is 16.0 Å². The van der Waals surface area contributed by atoms with Crippen molar-refractivity contribution in [3.63, 3.8) is 0 Å². The molecule has 0 saturated carbocycles. The van der Waals surface area contributed by atoms with Gasteiger partial charge in [0.1, 0.15) is 0 Å². The Kier molecular flexibility index (Phi) is 4.79. The molecule has 0 fully saturated rings. The van der Waals surface area contributed by atoms with Crippen molar-refractivity contribution < 1.29 is 4.79 Å². The molecule has 1 amide bonds. The number of anilines is 1. The maximum absolute atomic E-state index is 11.3. The van der Waals surface area contributed by atoms with Gasteiger partial charge in [0.05, 0.1) is 6.54 Å². The molecule has 0 heterocycles. The summed E-state index contributed by atoms with van der Waals surface area (Å²) in [4.78, 5) is 13.3. The summed E-state index contributed by atoms with van der Waals surface area (Å²) in [6.07, 6.45) is 0. The zero-order valence-electron chi connectivity index (χ0n) is 9.86. The van der Waals surface area contributed by atoms with Gasteiger partial charge in [0.15, 0.2) is 0 Å². The number of benzene rings is 1. The summed E-state index contributed by atoms with van der Waals surface area (Å²) >= 11 is 0.